The molecule has 1 saturated carbocycles. The van der Waals surface area contributed by atoms with Gasteiger partial charge >= 0.3 is 0 Å². The molecule has 0 radical (unpaired) electrons. The van der Waals surface area contributed by atoms with Crippen LogP contribution in [0.15, 0.2) is 4.99 Å². The van der Waals surface area contributed by atoms with Gasteiger partial charge in [0.05, 0.1) is 19.3 Å². The molecule has 0 aromatic rings. The Morgan fingerprint density at radius 2 is 1.90 bits per heavy atom. The number of likely N-dealkylation sites (N-methyl/N-ethyl adjacent to an activating group) is 1. The van der Waals surface area contributed by atoms with Crippen LogP contribution in [0.2, 0.25) is 0 Å². The molecule has 176 valence electrons. The molecule has 1 saturated heterocycles. The van der Waals surface area contributed by atoms with E-state index in [4.69, 9.17) is 9.47 Å². The second-order valence-electron chi connectivity index (χ2n) is 8.15. The summed E-state index contributed by atoms with van der Waals surface area (Å²) in [5.74, 6) is 0.719. The molecule has 1 aliphatic heterocycles. The normalized spacial score (nSPS) is 23.8. The molecule has 2 N–H and O–H groups in total. The van der Waals surface area contributed by atoms with E-state index < -0.39 is 0 Å². The molecule has 0 spiro atoms. The highest BCUT2D eigenvalue weighted by Crippen LogP contribution is 2.48. The van der Waals surface area contributed by atoms with Gasteiger partial charge in [-0.2, -0.15) is 0 Å². The van der Waals surface area contributed by atoms with Crippen molar-refractivity contribution in [1.29, 1.82) is 0 Å². The Morgan fingerprint density at radius 3 is 2.47 bits per heavy atom. The number of amides is 1. The number of rotatable bonds is 10. The van der Waals surface area contributed by atoms with Crippen LogP contribution in [0.25, 0.3) is 0 Å². The number of ether oxygens (including phenoxy) is 2. The van der Waals surface area contributed by atoms with Crippen LogP contribution in [0, 0.1) is 5.41 Å². The van der Waals surface area contributed by atoms with Crippen molar-refractivity contribution in [2.45, 2.75) is 52.2 Å². The van der Waals surface area contributed by atoms with E-state index in [0.717, 1.165) is 71.2 Å². The number of halogens is 1. The quantitative estimate of drug-likeness (QED) is 0.249. The van der Waals surface area contributed by atoms with Gasteiger partial charge in [0, 0.05) is 58.3 Å². The maximum absolute atomic E-state index is 12.0. The van der Waals surface area contributed by atoms with Crippen molar-refractivity contribution in [2.75, 3.05) is 66.6 Å². The number of nitrogens with one attached hydrogen (secondary N) is 2. The Hall–Kier alpha value is -0.650. The first-order chi connectivity index (χ1) is 14.0. The van der Waals surface area contributed by atoms with Crippen LogP contribution in [0.1, 0.15) is 40.0 Å². The predicted molar refractivity (Wildman–Crippen MR) is 132 cm³/mol. The average Bonchev–Trinajstić information content (AvgIpc) is 2.72. The summed E-state index contributed by atoms with van der Waals surface area (Å²) in [6.07, 6.45) is 3.38. The molecule has 0 aromatic heterocycles. The molecule has 0 aromatic carbocycles. The molecule has 0 bridgehead atoms. The third-order valence-corrected chi connectivity index (χ3v) is 6.48. The van der Waals surface area contributed by atoms with Gasteiger partial charge in [-0.05, 0) is 26.2 Å². The molecule has 1 aliphatic carbocycles. The minimum atomic E-state index is -0.00247. The summed E-state index contributed by atoms with van der Waals surface area (Å²) in [5, 5.41) is 7.05. The lowest BCUT2D eigenvalue weighted by Crippen LogP contribution is -2.65. The van der Waals surface area contributed by atoms with E-state index in [-0.39, 0.29) is 47.9 Å². The average molecular weight is 540 g/mol. The summed E-state index contributed by atoms with van der Waals surface area (Å²) in [7, 11) is 3.52. The largest absolute Gasteiger partial charge is 0.379 e. The summed E-state index contributed by atoms with van der Waals surface area (Å²) in [6.45, 7) is 12.7. The lowest BCUT2D eigenvalue weighted by Gasteiger charge is -2.55. The van der Waals surface area contributed by atoms with Crippen LogP contribution >= 0.6 is 24.0 Å². The van der Waals surface area contributed by atoms with E-state index in [0.29, 0.717) is 6.04 Å². The Labute approximate surface area is 199 Å². The van der Waals surface area contributed by atoms with Crippen molar-refractivity contribution in [2.24, 2.45) is 10.4 Å². The number of hydrogen-bond acceptors (Lipinski definition) is 5. The maximum Gasteiger partial charge on any atom is 0.243 e. The molecule has 9 heteroatoms. The smallest absolute Gasteiger partial charge is 0.243 e. The topological polar surface area (TPSA) is 78.4 Å². The summed E-state index contributed by atoms with van der Waals surface area (Å²) >= 11 is 0. The molecule has 2 unspecified atom stereocenters. The lowest BCUT2D eigenvalue weighted by atomic mass is 9.58. The zero-order valence-electron chi connectivity index (χ0n) is 19.4. The number of carbonyl (C=O) groups is 1. The Balaban J connectivity index is 0.00000450. The van der Waals surface area contributed by atoms with Crippen LogP contribution in [0.4, 0.5) is 0 Å². The molecule has 8 nitrogen and oxygen atoms in total. The minimum absolute atomic E-state index is 0. The van der Waals surface area contributed by atoms with E-state index in [1.165, 1.54) is 0 Å². The summed E-state index contributed by atoms with van der Waals surface area (Å²) in [6, 6.07) is 0.304. The minimum Gasteiger partial charge on any atom is -0.379 e. The van der Waals surface area contributed by atoms with Crippen molar-refractivity contribution in [1.82, 2.24) is 20.4 Å². The van der Waals surface area contributed by atoms with Crippen LogP contribution in [0.3, 0.4) is 0 Å². The van der Waals surface area contributed by atoms with E-state index in [9.17, 15) is 4.79 Å². The third-order valence-electron chi connectivity index (χ3n) is 6.48. The zero-order chi connectivity index (χ0) is 21.3. The predicted octanol–water partition coefficient (Wildman–Crippen LogP) is 1.54. The fraction of sp³-hybridized carbons (Fsp3) is 0.905. The van der Waals surface area contributed by atoms with Gasteiger partial charge in [0.15, 0.2) is 5.96 Å². The number of nitrogens with zero attached hydrogens (tertiary/aromatic N) is 3. The van der Waals surface area contributed by atoms with Crippen LogP contribution in [-0.4, -0.2) is 100 Å². The lowest BCUT2D eigenvalue weighted by molar-refractivity contribution is -0.133. The Kier molecular flexibility index (Phi) is 12.5. The standard InChI is InChI=1S/C21H41N5O3.HI/c1-6-21(7-2)17(15-18(21)29-8-3)24-20(23-16-19(27)25(4)5)22-9-10-26-11-13-28-14-12-26;/h17-18H,6-16H2,1-5H3,(H2,22,23,24);1H. The Bertz CT molecular complexity index is 537. The SMILES string of the molecule is CCOC1CC(NC(=NCC(=O)N(C)C)NCCN2CCOCC2)C1(CC)CC.I. The molecule has 2 rings (SSSR count). The van der Waals surface area contributed by atoms with Gasteiger partial charge in [0.1, 0.15) is 6.54 Å². The highest BCUT2D eigenvalue weighted by molar-refractivity contribution is 14.0. The van der Waals surface area contributed by atoms with Gasteiger partial charge < -0.3 is 25.0 Å². The van der Waals surface area contributed by atoms with E-state index >= 15 is 0 Å². The maximum atomic E-state index is 12.0. The molecular formula is C21H42IN5O3. The molecule has 2 atom stereocenters. The second kappa shape index (κ2) is 13.7. The monoisotopic (exact) mass is 539 g/mol. The van der Waals surface area contributed by atoms with Crippen LogP contribution < -0.4 is 10.6 Å². The third kappa shape index (κ3) is 7.20. The highest BCUT2D eigenvalue weighted by atomic mass is 127. The fourth-order valence-corrected chi connectivity index (χ4v) is 4.35. The molecule has 30 heavy (non-hydrogen) atoms. The van der Waals surface area contributed by atoms with Crippen molar-refractivity contribution in [3.05, 3.63) is 0 Å². The van der Waals surface area contributed by atoms with Crippen molar-refractivity contribution < 1.29 is 14.3 Å². The van der Waals surface area contributed by atoms with Gasteiger partial charge in [-0.15, -0.1) is 24.0 Å². The van der Waals surface area contributed by atoms with Gasteiger partial charge in [0.25, 0.3) is 0 Å². The number of carbonyl (C=O) groups excluding carboxylic acids is 1. The first-order valence-electron chi connectivity index (χ1n) is 11.1. The van der Waals surface area contributed by atoms with E-state index in [2.05, 4.69) is 41.3 Å². The number of morpholine rings is 1. The second-order valence-corrected chi connectivity index (χ2v) is 8.15. The number of guanidine groups is 1. The first kappa shape index (κ1) is 27.4. The van der Waals surface area contributed by atoms with Crippen LogP contribution in [-0.2, 0) is 14.3 Å². The summed E-state index contributed by atoms with van der Waals surface area (Å²) in [4.78, 5) is 20.6. The van der Waals surface area contributed by atoms with E-state index in [1.807, 2.05) is 0 Å². The summed E-state index contributed by atoms with van der Waals surface area (Å²) in [5.41, 5.74) is 0.119. The zero-order valence-corrected chi connectivity index (χ0v) is 21.7. The van der Waals surface area contributed by atoms with Gasteiger partial charge in [0.2, 0.25) is 5.91 Å². The van der Waals surface area contributed by atoms with Crippen LogP contribution in [0.5, 0.6) is 0 Å². The van der Waals surface area contributed by atoms with Gasteiger partial charge in [-0.3, -0.25) is 9.69 Å². The molecule has 1 heterocycles. The molecule has 1 amide bonds. The fourth-order valence-electron chi connectivity index (χ4n) is 4.35. The van der Waals surface area contributed by atoms with Gasteiger partial charge in [-0.1, -0.05) is 13.8 Å². The van der Waals surface area contributed by atoms with Crippen molar-refractivity contribution >= 4 is 35.8 Å². The Morgan fingerprint density at radius 1 is 1.23 bits per heavy atom. The molecule has 2 fully saturated rings. The van der Waals surface area contributed by atoms with Crippen molar-refractivity contribution in [3.63, 3.8) is 0 Å². The van der Waals surface area contributed by atoms with Crippen molar-refractivity contribution in [3.8, 4) is 0 Å². The van der Waals surface area contributed by atoms with E-state index in [1.54, 1.807) is 19.0 Å². The number of hydrogen-bond donors (Lipinski definition) is 2. The number of aliphatic imine (C=N–C) groups is 1. The highest BCUT2D eigenvalue weighted by Gasteiger charge is 2.53. The van der Waals surface area contributed by atoms with Gasteiger partial charge in [-0.25, -0.2) is 4.99 Å². The first-order valence-corrected chi connectivity index (χ1v) is 11.1. The molecule has 2 aliphatic rings. The summed E-state index contributed by atoms with van der Waals surface area (Å²) < 4.78 is 11.4. The molecular weight excluding hydrogens is 497 g/mol.